The molecule has 0 radical (unpaired) electrons. The molecule has 2 rings (SSSR count). The zero-order valence-electron chi connectivity index (χ0n) is 11.6. The van der Waals surface area contributed by atoms with E-state index in [1.54, 1.807) is 11.8 Å². The molecule has 20 heavy (non-hydrogen) atoms. The number of alkyl halides is 1. The van der Waals surface area contributed by atoms with E-state index in [2.05, 4.69) is 21.0 Å². The van der Waals surface area contributed by atoms with E-state index >= 15 is 0 Å². The highest BCUT2D eigenvalue weighted by Gasteiger charge is 2.13. The minimum atomic E-state index is 0.403. The second-order valence-electron chi connectivity index (χ2n) is 4.38. The number of aryl methyl sites for hydroxylation is 2. The van der Waals surface area contributed by atoms with Gasteiger partial charge in [-0.05, 0) is 40.5 Å². The van der Waals surface area contributed by atoms with Gasteiger partial charge in [0.2, 0.25) is 0 Å². The van der Waals surface area contributed by atoms with Crippen LogP contribution in [-0.2, 0) is 19.5 Å². The van der Waals surface area contributed by atoms with Crippen LogP contribution in [0.1, 0.15) is 17.0 Å². The highest BCUT2D eigenvalue weighted by atomic mass is 79.9. The van der Waals surface area contributed by atoms with Crippen molar-refractivity contribution in [3.8, 4) is 11.5 Å². The fourth-order valence-corrected chi connectivity index (χ4v) is 2.52. The summed E-state index contributed by atoms with van der Waals surface area (Å²) in [4.78, 5) is 0. The molecule has 0 aliphatic rings. The summed E-state index contributed by atoms with van der Waals surface area (Å²) in [5, 5.41) is 4.34. The molecule has 0 saturated heterocycles. The maximum atomic E-state index is 5.86. The Morgan fingerprint density at radius 3 is 2.65 bits per heavy atom. The standard InChI is InChI=1S/C14H16BrClN2O2/c1-9-14(15)11(18(2)17-9)8-20-13-6-10(7-16)4-5-12(13)19-3/h4-6H,7-8H2,1-3H3. The molecule has 0 N–H and O–H groups in total. The van der Waals surface area contributed by atoms with Gasteiger partial charge in [0.1, 0.15) is 6.61 Å². The van der Waals surface area contributed by atoms with Gasteiger partial charge in [-0.2, -0.15) is 5.10 Å². The first-order chi connectivity index (χ1) is 9.56. The van der Waals surface area contributed by atoms with E-state index in [0.29, 0.717) is 24.0 Å². The number of aromatic nitrogens is 2. The number of methoxy groups -OCH3 is 1. The van der Waals surface area contributed by atoms with Crippen LogP contribution in [0.15, 0.2) is 22.7 Å². The van der Waals surface area contributed by atoms with Crippen LogP contribution in [0.3, 0.4) is 0 Å². The maximum Gasteiger partial charge on any atom is 0.162 e. The van der Waals surface area contributed by atoms with Gasteiger partial charge in [-0.1, -0.05) is 6.07 Å². The molecule has 0 amide bonds. The molecule has 6 heteroatoms. The number of benzene rings is 1. The van der Waals surface area contributed by atoms with E-state index in [1.165, 1.54) is 0 Å². The summed E-state index contributed by atoms with van der Waals surface area (Å²) in [6.07, 6.45) is 0. The third-order valence-electron chi connectivity index (χ3n) is 3.01. The van der Waals surface area contributed by atoms with Crippen LogP contribution in [0.5, 0.6) is 11.5 Å². The molecule has 0 unspecified atom stereocenters. The van der Waals surface area contributed by atoms with Crippen LogP contribution in [-0.4, -0.2) is 16.9 Å². The fourth-order valence-electron chi connectivity index (χ4n) is 1.90. The second-order valence-corrected chi connectivity index (χ2v) is 5.44. The number of nitrogens with zero attached hydrogens (tertiary/aromatic N) is 2. The topological polar surface area (TPSA) is 36.3 Å². The monoisotopic (exact) mass is 358 g/mol. The molecule has 0 aliphatic carbocycles. The highest BCUT2D eigenvalue weighted by molar-refractivity contribution is 9.10. The number of rotatable bonds is 5. The van der Waals surface area contributed by atoms with Crippen molar-refractivity contribution < 1.29 is 9.47 Å². The van der Waals surface area contributed by atoms with Gasteiger partial charge in [0.25, 0.3) is 0 Å². The maximum absolute atomic E-state index is 5.86. The Hall–Kier alpha value is -1.20. The van der Waals surface area contributed by atoms with Gasteiger partial charge in [0.05, 0.1) is 23.0 Å². The van der Waals surface area contributed by atoms with Crippen molar-refractivity contribution in [2.45, 2.75) is 19.4 Å². The minimum Gasteiger partial charge on any atom is -0.493 e. The fraction of sp³-hybridized carbons (Fsp3) is 0.357. The van der Waals surface area contributed by atoms with Crippen molar-refractivity contribution in [3.05, 3.63) is 39.6 Å². The van der Waals surface area contributed by atoms with Crippen molar-refractivity contribution in [2.75, 3.05) is 7.11 Å². The molecule has 1 aromatic carbocycles. The van der Waals surface area contributed by atoms with E-state index in [1.807, 2.05) is 32.2 Å². The Bertz CT molecular complexity index is 613. The molecular formula is C14H16BrClN2O2. The number of hydrogen-bond donors (Lipinski definition) is 0. The highest BCUT2D eigenvalue weighted by Crippen LogP contribution is 2.30. The predicted molar refractivity (Wildman–Crippen MR) is 82.5 cm³/mol. The summed E-state index contributed by atoms with van der Waals surface area (Å²) < 4.78 is 13.9. The second kappa shape index (κ2) is 6.50. The molecule has 0 spiro atoms. The van der Waals surface area contributed by atoms with Crippen LogP contribution in [0.2, 0.25) is 0 Å². The molecular weight excluding hydrogens is 344 g/mol. The Balaban J connectivity index is 2.21. The molecule has 0 aliphatic heterocycles. The summed E-state index contributed by atoms with van der Waals surface area (Å²) in [5.41, 5.74) is 2.90. The average molecular weight is 360 g/mol. The zero-order chi connectivity index (χ0) is 14.7. The SMILES string of the molecule is COc1ccc(CCl)cc1OCc1c(Br)c(C)nn1C. The minimum absolute atomic E-state index is 0.403. The Morgan fingerprint density at radius 1 is 1.35 bits per heavy atom. The molecule has 1 aromatic heterocycles. The Morgan fingerprint density at radius 2 is 2.10 bits per heavy atom. The molecule has 0 bridgehead atoms. The largest absolute Gasteiger partial charge is 0.493 e. The van der Waals surface area contributed by atoms with Crippen LogP contribution < -0.4 is 9.47 Å². The van der Waals surface area contributed by atoms with Crippen molar-refractivity contribution in [2.24, 2.45) is 7.05 Å². The molecule has 4 nitrogen and oxygen atoms in total. The van der Waals surface area contributed by atoms with Crippen LogP contribution in [0, 0.1) is 6.92 Å². The van der Waals surface area contributed by atoms with E-state index in [0.717, 1.165) is 21.4 Å². The van der Waals surface area contributed by atoms with Gasteiger partial charge < -0.3 is 9.47 Å². The number of hydrogen-bond acceptors (Lipinski definition) is 3. The van der Waals surface area contributed by atoms with Crippen molar-refractivity contribution in [3.63, 3.8) is 0 Å². The van der Waals surface area contributed by atoms with Gasteiger partial charge >= 0.3 is 0 Å². The quantitative estimate of drug-likeness (QED) is 0.762. The van der Waals surface area contributed by atoms with Crippen LogP contribution in [0.4, 0.5) is 0 Å². The summed E-state index contributed by atoms with van der Waals surface area (Å²) in [5.74, 6) is 1.81. The van der Waals surface area contributed by atoms with E-state index in [9.17, 15) is 0 Å². The Kier molecular flexibility index (Phi) is 4.94. The normalized spacial score (nSPS) is 10.7. The van der Waals surface area contributed by atoms with Gasteiger partial charge in [0.15, 0.2) is 11.5 Å². The van der Waals surface area contributed by atoms with Crippen LogP contribution >= 0.6 is 27.5 Å². The van der Waals surface area contributed by atoms with Gasteiger partial charge in [0, 0.05) is 12.9 Å². The third kappa shape index (κ3) is 3.10. The zero-order valence-corrected chi connectivity index (χ0v) is 14.0. The molecule has 0 saturated carbocycles. The number of halogens is 2. The molecule has 0 fully saturated rings. The van der Waals surface area contributed by atoms with E-state index < -0.39 is 0 Å². The van der Waals surface area contributed by atoms with E-state index in [4.69, 9.17) is 21.1 Å². The molecule has 108 valence electrons. The van der Waals surface area contributed by atoms with Crippen molar-refractivity contribution in [1.82, 2.24) is 9.78 Å². The average Bonchev–Trinajstić information content (AvgIpc) is 2.70. The molecule has 1 heterocycles. The van der Waals surface area contributed by atoms with Gasteiger partial charge in [-0.25, -0.2) is 0 Å². The smallest absolute Gasteiger partial charge is 0.162 e. The van der Waals surface area contributed by atoms with Crippen molar-refractivity contribution >= 4 is 27.5 Å². The lowest BCUT2D eigenvalue weighted by Gasteiger charge is -2.12. The predicted octanol–water partition coefficient (Wildman–Crippen LogP) is 3.82. The summed E-state index contributed by atoms with van der Waals surface area (Å²) in [6.45, 7) is 2.35. The number of ether oxygens (including phenoxy) is 2. The van der Waals surface area contributed by atoms with Gasteiger partial charge in [-0.3, -0.25) is 4.68 Å². The molecule has 0 atom stereocenters. The third-order valence-corrected chi connectivity index (χ3v) is 4.35. The lowest BCUT2D eigenvalue weighted by molar-refractivity contribution is 0.275. The van der Waals surface area contributed by atoms with Crippen molar-refractivity contribution in [1.29, 1.82) is 0 Å². The lowest BCUT2D eigenvalue weighted by atomic mass is 10.2. The van der Waals surface area contributed by atoms with E-state index in [-0.39, 0.29) is 0 Å². The summed E-state index contributed by atoms with van der Waals surface area (Å²) in [6, 6.07) is 5.67. The molecule has 2 aromatic rings. The summed E-state index contributed by atoms with van der Waals surface area (Å²) in [7, 11) is 3.51. The first kappa shape index (κ1) is 15.2. The summed E-state index contributed by atoms with van der Waals surface area (Å²) >= 11 is 9.37. The lowest BCUT2D eigenvalue weighted by Crippen LogP contribution is -2.04. The first-order valence-electron chi connectivity index (χ1n) is 6.10. The van der Waals surface area contributed by atoms with Crippen LogP contribution in [0.25, 0.3) is 0 Å². The van der Waals surface area contributed by atoms with Gasteiger partial charge in [-0.15, -0.1) is 11.6 Å². The Labute approximate surface area is 131 Å². The first-order valence-corrected chi connectivity index (χ1v) is 7.43.